The first-order valence-corrected chi connectivity index (χ1v) is 20.3. The Morgan fingerprint density at radius 3 is 2.07 bits per heavy atom. The summed E-state index contributed by atoms with van der Waals surface area (Å²) in [6.45, 7) is 24.3. The quantitative estimate of drug-likeness (QED) is 0.250. The lowest BCUT2D eigenvalue weighted by molar-refractivity contribution is -0.263. The third kappa shape index (κ3) is 4.68. The van der Waals surface area contributed by atoms with Crippen LogP contribution in [0.2, 0.25) is 0 Å². The highest BCUT2D eigenvalue weighted by Crippen LogP contribution is 2.79. The van der Waals surface area contributed by atoms with Gasteiger partial charge in [-0.3, -0.25) is 0 Å². The lowest BCUT2D eigenvalue weighted by atomic mass is 9.29. The van der Waals surface area contributed by atoms with Crippen LogP contribution in [0, 0.1) is 68.5 Å². The van der Waals surface area contributed by atoms with Gasteiger partial charge in [0.05, 0.1) is 0 Å². The third-order valence-electron chi connectivity index (χ3n) is 16.7. The van der Waals surface area contributed by atoms with Gasteiger partial charge in [0.1, 0.15) is 0 Å². The van der Waals surface area contributed by atoms with E-state index in [0.29, 0.717) is 39.2 Å². The van der Waals surface area contributed by atoms with E-state index in [9.17, 15) is 0 Å². The van der Waals surface area contributed by atoms with Crippen LogP contribution in [-0.2, 0) is 0 Å². The summed E-state index contributed by atoms with van der Waals surface area (Å²) in [5.74, 6) is 6.27. The molecule has 5 aliphatic rings. The molecule has 5 saturated carbocycles. The second-order valence-corrected chi connectivity index (χ2v) is 20.9. The zero-order chi connectivity index (χ0) is 32.2. The molecule has 0 aliphatic heterocycles. The monoisotopic (exact) mass is 642 g/mol. The van der Waals surface area contributed by atoms with Crippen molar-refractivity contribution in [1.29, 1.82) is 0 Å². The van der Waals surface area contributed by atoms with Crippen LogP contribution in [0.4, 0.5) is 0 Å². The number of benzene rings is 2. The zero-order valence-corrected chi connectivity index (χ0v) is 31.9. The molecule has 2 aromatic rings. The molecule has 0 saturated heterocycles. The molecule has 0 amide bonds. The Labute approximate surface area is 284 Å². The summed E-state index contributed by atoms with van der Waals surface area (Å²) >= 11 is 5.44. The number of hydrogen-bond acceptors (Lipinski definition) is 1. The van der Waals surface area contributed by atoms with Crippen molar-refractivity contribution in [3.63, 3.8) is 0 Å². The molecule has 0 bridgehead atoms. The molecule has 5 aliphatic carbocycles. The number of hydrogen-bond donors (Lipinski definition) is 1. The van der Waals surface area contributed by atoms with Crippen molar-refractivity contribution < 1.29 is 0 Å². The van der Waals surface area contributed by atoms with Crippen LogP contribution >= 0.6 is 21.2 Å². The fourth-order valence-corrected chi connectivity index (χ4v) is 15.9. The van der Waals surface area contributed by atoms with Crippen LogP contribution < -0.4 is 10.6 Å². The maximum absolute atomic E-state index is 5.44. The minimum Gasteiger partial charge on any atom is -0.175 e. The van der Waals surface area contributed by atoms with Gasteiger partial charge >= 0.3 is 0 Å². The van der Waals surface area contributed by atoms with Crippen molar-refractivity contribution in [1.82, 2.24) is 0 Å². The SMILES string of the molecule is CC1C[C@]2(C)[C@H](CC[C@@H]3[C@@H]4[C@@H](C)[C@H](C)CC[C@]4(C)CC[C@]32C)[C@@]2(C)C(c3ccc(Pc4ccccc4)cc3)CC(S)C(C)(C)[C@H]12. The van der Waals surface area contributed by atoms with E-state index in [1.54, 1.807) is 5.56 Å². The van der Waals surface area contributed by atoms with E-state index in [2.05, 4.69) is 117 Å². The molecule has 2 aromatic carbocycles. The van der Waals surface area contributed by atoms with E-state index >= 15 is 0 Å². The van der Waals surface area contributed by atoms with Gasteiger partial charge < -0.3 is 0 Å². The Morgan fingerprint density at radius 1 is 0.711 bits per heavy atom. The lowest BCUT2D eigenvalue weighted by Gasteiger charge is -2.76. The molecule has 246 valence electrons. The summed E-state index contributed by atoms with van der Waals surface area (Å²) in [5, 5.41) is 3.32. The molecule has 0 aromatic heterocycles. The Morgan fingerprint density at radius 2 is 1.38 bits per heavy atom. The van der Waals surface area contributed by atoms with Crippen molar-refractivity contribution in [2.45, 2.75) is 125 Å². The van der Waals surface area contributed by atoms with Crippen molar-refractivity contribution in [3.8, 4) is 0 Å². The van der Waals surface area contributed by atoms with Crippen LogP contribution in [0.5, 0.6) is 0 Å². The van der Waals surface area contributed by atoms with Gasteiger partial charge in [-0.1, -0.05) is 125 Å². The molecule has 7 rings (SSSR count). The highest BCUT2D eigenvalue weighted by Gasteiger charge is 2.72. The Balaban J connectivity index is 1.29. The van der Waals surface area contributed by atoms with Crippen LogP contribution in [0.15, 0.2) is 54.6 Å². The summed E-state index contributed by atoms with van der Waals surface area (Å²) in [6, 6.07) is 21.0. The van der Waals surface area contributed by atoms with Gasteiger partial charge in [-0.15, -0.1) is 0 Å². The first kappa shape index (κ1) is 32.8. The predicted molar refractivity (Wildman–Crippen MR) is 201 cm³/mol. The van der Waals surface area contributed by atoms with E-state index in [4.69, 9.17) is 12.6 Å². The summed E-state index contributed by atoms with van der Waals surface area (Å²) < 4.78 is 0. The van der Waals surface area contributed by atoms with Crippen LogP contribution in [0.3, 0.4) is 0 Å². The van der Waals surface area contributed by atoms with E-state index in [-0.39, 0.29) is 10.8 Å². The first-order chi connectivity index (χ1) is 21.2. The van der Waals surface area contributed by atoms with Gasteiger partial charge in [0.2, 0.25) is 0 Å². The molecule has 2 heteroatoms. The van der Waals surface area contributed by atoms with E-state index in [1.165, 1.54) is 62.0 Å². The molecule has 0 heterocycles. The Kier molecular flexibility index (Phi) is 8.10. The highest BCUT2D eigenvalue weighted by atomic mass is 32.1. The van der Waals surface area contributed by atoms with E-state index in [1.807, 2.05) is 0 Å². The summed E-state index contributed by atoms with van der Waals surface area (Å²) in [7, 11) is 0.726. The minimum atomic E-state index is 0.236. The van der Waals surface area contributed by atoms with Crippen molar-refractivity contribution in [2.75, 3.05) is 0 Å². The molecular weight excluding hydrogens is 580 g/mol. The van der Waals surface area contributed by atoms with Crippen molar-refractivity contribution in [2.24, 2.45) is 68.5 Å². The lowest BCUT2D eigenvalue weighted by Crippen LogP contribution is -2.69. The minimum absolute atomic E-state index is 0.236. The maximum atomic E-state index is 5.44. The van der Waals surface area contributed by atoms with Crippen LogP contribution in [-0.4, -0.2) is 5.25 Å². The van der Waals surface area contributed by atoms with Gasteiger partial charge in [-0.2, -0.15) is 12.6 Å². The average Bonchev–Trinajstić information content (AvgIpc) is 2.99. The molecule has 45 heavy (non-hydrogen) atoms. The van der Waals surface area contributed by atoms with Gasteiger partial charge in [0.15, 0.2) is 0 Å². The Hall–Kier alpha value is -0.780. The molecule has 0 N–H and O–H groups in total. The molecule has 0 nitrogen and oxygen atoms in total. The highest BCUT2D eigenvalue weighted by molar-refractivity contribution is 7.81. The molecule has 0 spiro atoms. The second-order valence-electron chi connectivity index (χ2n) is 18.9. The zero-order valence-electron chi connectivity index (χ0n) is 30.0. The van der Waals surface area contributed by atoms with Gasteiger partial charge in [0.25, 0.3) is 0 Å². The summed E-state index contributed by atoms with van der Waals surface area (Å²) in [5.41, 5.74) is 3.48. The average molecular weight is 643 g/mol. The fourth-order valence-electron chi connectivity index (χ4n) is 14.5. The summed E-state index contributed by atoms with van der Waals surface area (Å²) in [4.78, 5) is 0. The molecule has 0 radical (unpaired) electrons. The summed E-state index contributed by atoms with van der Waals surface area (Å²) in [6.07, 6.45) is 11.3. The number of thiol groups is 1. The van der Waals surface area contributed by atoms with Gasteiger partial charge in [-0.05, 0) is 142 Å². The normalized spacial score (nSPS) is 49.1. The standard InChI is InChI=1S/C43H63PS/c1-27-21-22-40(6)23-24-41(7)33(37(40)29(27)3)19-20-35-42(41,8)26-28(2)38-39(4,5)36(45)25-34(43(35,38)9)30-15-17-32(18-16-30)44-31-13-11-10-12-14-31/h10-18,27-29,33-38,44-45H,19-26H2,1-9H3/t27-,28?,29+,33-,34?,35+,36?,37+,38+,40-,41-,42-,43-/m1/s1. The third-order valence-corrected chi connectivity index (χ3v) is 18.8. The van der Waals surface area contributed by atoms with E-state index in [0.717, 1.165) is 38.2 Å². The van der Waals surface area contributed by atoms with Crippen molar-refractivity contribution in [3.05, 3.63) is 60.2 Å². The van der Waals surface area contributed by atoms with E-state index < -0.39 is 0 Å². The largest absolute Gasteiger partial charge is 0.175 e. The smallest absolute Gasteiger partial charge is 0.00769 e. The number of fused-ring (bicyclic) bond motifs is 7. The first-order valence-electron chi connectivity index (χ1n) is 18.8. The Bertz CT molecular complexity index is 1380. The van der Waals surface area contributed by atoms with Crippen LogP contribution in [0.25, 0.3) is 0 Å². The second kappa shape index (κ2) is 11.1. The molecular formula is C43H63PS. The van der Waals surface area contributed by atoms with Crippen molar-refractivity contribution >= 4 is 31.8 Å². The van der Waals surface area contributed by atoms with Gasteiger partial charge in [0, 0.05) is 5.25 Å². The van der Waals surface area contributed by atoms with Gasteiger partial charge in [-0.25, -0.2) is 0 Å². The fraction of sp³-hybridized carbons (Fsp3) is 0.721. The predicted octanol–water partition coefficient (Wildman–Crippen LogP) is 11.3. The molecule has 5 fully saturated rings. The molecule has 14 atom stereocenters. The van der Waals surface area contributed by atoms with Crippen LogP contribution in [0.1, 0.15) is 125 Å². The molecule has 4 unspecified atom stereocenters. The topological polar surface area (TPSA) is 0 Å². The maximum Gasteiger partial charge on any atom is 0.00769 e. The number of rotatable bonds is 3.